The number of aliphatic imine (C=N–C) groups is 1. The minimum atomic E-state index is -0.0298. The van der Waals surface area contributed by atoms with Crippen LogP contribution in [0, 0.1) is 0 Å². The number of carbonyl (C=O) groups excluding carboxylic acids is 1. The van der Waals surface area contributed by atoms with Crippen molar-refractivity contribution in [1.29, 1.82) is 0 Å². The monoisotopic (exact) mass is 473 g/mol. The Hall–Kier alpha value is -3.68. The van der Waals surface area contributed by atoms with E-state index >= 15 is 0 Å². The molecule has 5 rings (SSSR count). The number of benzene rings is 2. The van der Waals surface area contributed by atoms with Crippen molar-refractivity contribution in [3.63, 3.8) is 0 Å². The number of fused-ring (bicyclic) bond motifs is 1. The number of aromatic amines is 1. The quantitative estimate of drug-likeness (QED) is 0.428. The summed E-state index contributed by atoms with van der Waals surface area (Å²) in [6.45, 7) is 3.09. The lowest BCUT2D eigenvalue weighted by Gasteiger charge is -2.32. The van der Waals surface area contributed by atoms with Gasteiger partial charge in [-0.3, -0.25) is 4.79 Å². The number of aromatic hydroxyl groups is 1. The number of aromatic nitrogens is 2. The maximum absolute atomic E-state index is 13.1. The van der Waals surface area contributed by atoms with Crippen LogP contribution in [0.5, 0.6) is 5.88 Å². The van der Waals surface area contributed by atoms with Crippen molar-refractivity contribution in [2.45, 2.75) is 0 Å². The molecule has 1 aliphatic rings. The number of nitrogens with one attached hydrogen (secondary N) is 1. The predicted octanol–water partition coefficient (Wildman–Crippen LogP) is 4.48. The van der Waals surface area contributed by atoms with E-state index in [1.165, 1.54) is 0 Å². The van der Waals surface area contributed by atoms with Crippen LogP contribution in [0.15, 0.2) is 71.9 Å². The number of halogens is 1. The van der Waals surface area contributed by atoms with Crippen LogP contribution in [0.25, 0.3) is 10.9 Å². The molecule has 2 aromatic heterocycles. The normalized spacial score (nSPS) is 15.1. The third kappa shape index (κ3) is 4.40. The Balaban J connectivity index is 1.58. The molecule has 0 unspecified atom stereocenters. The molecule has 0 bridgehead atoms. The second-order valence-corrected chi connectivity index (χ2v) is 8.80. The molecule has 4 aromatic rings. The van der Waals surface area contributed by atoms with E-state index in [9.17, 15) is 9.90 Å². The summed E-state index contributed by atoms with van der Waals surface area (Å²) in [5, 5.41) is 12.2. The van der Waals surface area contributed by atoms with Crippen LogP contribution in [-0.4, -0.2) is 69.7 Å². The Morgan fingerprint density at radius 1 is 1.03 bits per heavy atom. The summed E-state index contributed by atoms with van der Waals surface area (Å²) >= 11 is 6.15. The number of carbonyl (C=O) groups is 1. The van der Waals surface area contributed by atoms with Crippen LogP contribution in [0.2, 0.25) is 5.02 Å². The Labute approximate surface area is 202 Å². The van der Waals surface area contributed by atoms with Gasteiger partial charge < -0.3 is 19.9 Å². The van der Waals surface area contributed by atoms with Crippen molar-refractivity contribution in [1.82, 2.24) is 19.8 Å². The van der Waals surface area contributed by atoms with Gasteiger partial charge in [0.15, 0.2) is 11.7 Å². The maximum atomic E-state index is 13.1. The van der Waals surface area contributed by atoms with Crippen molar-refractivity contribution in [2.75, 3.05) is 33.2 Å². The van der Waals surface area contributed by atoms with Crippen LogP contribution in [0.3, 0.4) is 0 Å². The van der Waals surface area contributed by atoms with Gasteiger partial charge in [-0.1, -0.05) is 48.0 Å². The summed E-state index contributed by atoms with van der Waals surface area (Å²) < 4.78 is 0. The lowest BCUT2D eigenvalue weighted by molar-refractivity contribution is 0.0664. The Morgan fingerprint density at radius 2 is 1.79 bits per heavy atom. The highest BCUT2D eigenvalue weighted by Crippen LogP contribution is 2.32. The van der Waals surface area contributed by atoms with Crippen molar-refractivity contribution >= 4 is 39.9 Å². The SMILES string of the molecule is CN1CCN(C(=O)c2ccnc(N=C(c3ccccc3)c3c(O)[nH]c4cc(Cl)ccc34)c2)CC1. The second kappa shape index (κ2) is 9.29. The molecule has 1 aliphatic heterocycles. The fraction of sp³-hybridized carbons (Fsp3) is 0.192. The van der Waals surface area contributed by atoms with Gasteiger partial charge in [-0.25, -0.2) is 9.98 Å². The molecule has 0 spiro atoms. The Bertz CT molecular complexity index is 1370. The zero-order chi connectivity index (χ0) is 23.7. The molecule has 1 amide bonds. The molecule has 3 heterocycles. The standard InChI is InChI=1S/C26H24ClN5O2/c1-31-11-13-32(14-12-31)26(34)18-9-10-28-22(15-18)30-24(17-5-3-2-4-6-17)23-20-8-7-19(27)16-21(20)29-25(23)33/h2-10,15-16,29,33H,11-14H2,1H3. The first-order valence-electron chi connectivity index (χ1n) is 11.1. The highest BCUT2D eigenvalue weighted by molar-refractivity contribution is 6.31. The van der Waals surface area contributed by atoms with Crippen molar-refractivity contribution < 1.29 is 9.90 Å². The van der Waals surface area contributed by atoms with Gasteiger partial charge in [0.05, 0.1) is 16.8 Å². The summed E-state index contributed by atoms with van der Waals surface area (Å²) in [5.74, 6) is 0.351. The molecule has 0 aliphatic carbocycles. The van der Waals surface area contributed by atoms with E-state index < -0.39 is 0 Å². The summed E-state index contributed by atoms with van der Waals surface area (Å²) in [7, 11) is 2.06. The molecular weight excluding hydrogens is 450 g/mol. The molecule has 0 atom stereocenters. The van der Waals surface area contributed by atoms with Crippen LogP contribution in [0.1, 0.15) is 21.5 Å². The van der Waals surface area contributed by atoms with Gasteiger partial charge in [-0.05, 0) is 31.3 Å². The first kappa shape index (κ1) is 22.1. The maximum Gasteiger partial charge on any atom is 0.254 e. The topological polar surface area (TPSA) is 84.8 Å². The van der Waals surface area contributed by atoms with E-state index in [1.807, 2.05) is 41.3 Å². The van der Waals surface area contributed by atoms with E-state index in [4.69, 9.17) is 16.6 Å². The molecule has 7 nitrogen and oxygen atoms in total. The van der Waals surface area contributed by atoms with Crippen molar-refractivity contribution in [3.8, 4) is 5.88 Å². The van der Waals surface area contributed by atoms with Gasteiger partial charge >= 0.3 is 0 Å². The summed E-state index contributed by atoms with van der Waals surface area (Å²) in [6, 6.07) is 18.4. The number of nitrogens with zero attached hydrogens (tertiary/aromatic N) is 4. The smallest absolute Gasteiger partial charge is 0.254 e. The van der Waals surface area contributed by atoms with Gasteiger partial charge in [0.2, 0.25) is 0 Å². The summed E-state index contributed by atoms with van der Waals surface area (Å²) in [6.07, 6.45) is 1.60. The summed E-state index contributed by atoms with van der Waals surface area (Å²) in [5.41, 5.74) is 3.15. The van der Waals surface area contributed by atoms with E-state index in [-0.39, 0.29) is 11.8 Å². The minimum Gasteiger partial charge on any atom is -0.494 e. The zero-order valence-corrected chi connectivity index (χ0v) is 19.5. The molecule has 1 saturated heterocycles. The number of hydrogen-bond donors (Lipinski definition) is 2. The predicted molar refractivity (Wildman–Crippen MR) is 134 cm³/mol. The molecule has 0 radical (unpaired) electrons. The number of rotatable bonds is 4. The van der Waals surface area contributed by atoms with E-state index in [2.05, 4.69) is 21.9 Å². The van der Waals surface area contributed by atoms with Gasteiger partial charge in [-0.2, -0.15) is 0 Å². The third-order valence-corrected chi connectivity index (χ3v) is 6.27. The van der Waals surface area contributed by atoms with Crippen molar-refractivity contribution in [3.05, 3.63) is 88.6 Å². The van der Waals surface area contributed by atoms with Gasteiger partial charge in [-0.15, -0.1) is 0 Å². The highest BCUT2D eigenvalue weighted by atomic mass is 35.5. The average Bonchev–Trinajstić information content (AvgIpc) is 3.17. The molecular formula is C26H24ClN5O2. The molecule has 34 heavy (non-hydrogen) atoms. The number of hydrogen-bond acceptors (Lipinski definition) is 5. The number of amides is 1. The van der Waals surface area contributed by atoms with E-state index in [0.29, 0.717) is 46.3 Å². The molecule has 172 valence electrons. The van der Waals surface area contributed by atoms with E-state index in [1.54, 1.807) is 30.5 Å². The number of piperazine rings is 1. The Morgan fingerprint density at radius 3 is 2.56 bits per heavy atom. The average molecular weight is 474 g/mol. The lowest BCUT2D eigenvalue weighted by atomic mass is 10.0. The van der Waals surface area contributed by atoms with E-state index in [0.717, 1.165) is 24.0 Å². The molecule has 0 saturated carbocycles. The highest BCUT2D eigenvalue weighted by Gasteiger charge is 2.22. The number of H-pyrrole nitrogens is 1. The largest absolute Gasteiger partial charge is 0.494 e. The van der Waals surface area contributed by atoms with Gasteiger partial charge in [0.25, 0.3) is 5.91 Å². The zero-order valence-electron chi connectivity index (χ0n) is 18.7. The molecule has 1 fully saturated rings. The first-order chi connectivity index (χ1) is 16.5. The first-order valence-corrected chi connectivity index (χ1v) is 11.5. The molecule has 2 aromatic carbocycles. The third-order valence-electron chi connectivity index (χ3n) is 6.03. The second-order valence-electron chi connectivity index (χ2n) is 8.36. The molecule has 2 N–H and O–H groups in total. The lowest BCUT2D eigenvalue weighted by Crippen LogP contribution is -2.47. The Kier molecular flexibility index (Phi) is 6.04. The van der Waals surface area contributed by atoms with Crippen molar-refractivity contribution in [2.24, 2.45) is 4.99 Å². The number of likely N-dealkylation sites (N-methyl/N-ethyl adjacent to an activating group) is 1. The molecule has 8 heteroatoms. The fourth-order valence-electron chi connectivity index (χ4n) is 4.18. The van der Waals surface area contributed by atoms with Crippen LogP contribution < -0.4 is 0 Å². The van der Waals surface area contributed by atoms with Gasteiger partial charge in [0.1, 0.15) is 0 Å². The van der Waals surface area contributed by atoms with Gasteiger partial charge in [0, 0.05) is 53.9 Å². The fourth-order valence-corrected chi connectivity index (χ4v) is 4.35. The van der Waals surface area contributed by atoms with Crippen LogP contribution in [0.4, 0.5) is 5.82 Å². The summed E-state index contributed by atoms with van der Waals surface area (Å²) in [4.78, 5) is 29.3. The minimum absolute atomic E-state index is 0.00969. The van der Waals surface area contributed by atoms with Crippen LogP contribution in [-0.2, 0) is 0 Å². The number of pyridine rings is 1. The van der Waals surface area contributed by atoms with Crippen LogP contribution >= 0.6 is 11.6 Å².